The van der Waals surface area contributed by atoms with Crippen molar-refractivity contribution in [2.24, 2.45) is 0 Å². The molecule has 0 aliphatic carbocycles. The van der Waals surface area contributed by atoms with E-state index >= 15 is 0 Å². The second-order valence-corrected chi connectivity index (χ2v) is 14.7. The smallest absolute Gasteiger partial charge is 0.315 e. The van der Waals surface area contributed by atoms with Crippen LogP contribution in [0.3, 0.4) is 0 Å². The molecule has 14 nitrogen and oxygen atoms in total. The summed E-state index contributed by atoms with van der Waals surface area (Å²) in [4.78, 5) is 23.6. The number of nitrogens with zero attached hydrogens (tertiary/aromatic N) is 3. The highest BCUT2D eigenvalue weighted by atomic mass is 32.2. The number of fused-ring (bicyclic) bond motifs is 3. The van der Waals surface area contributed by atoms with Gasteiger partial charge in [-0.15, -0.1) is 5.10 Å². The number of hydrogen-bond donors (Lipinski definition) is 4. The molecule has 3 amide bonds. The number of amides is 3. The number of ether oxygens (including phenoxy) is 4. The summed E-state index contributed by atoms with van der Waals surface area (Å²) in [7, 11) is 0. The molecule has 6 rings (SSSR count). The highest BCUT2D eigenvalue weighted by Crippen LogP contribution is 2.42. The average Bonchev–Trinajstić information content (AvgIpc) is 3.89. The minimum Gasteiger partial charge on any atom is -0.461 e. The summed E-state index contributed by atoms with van der Waals surface area (Å²) in [6, 6.07) is 2.55. The Morgan fingerprint density at radius 2 is 1.87 bits per heavy atom. The lowest BCUT2D eigenvalue weighted by atomic mass is 9.96. The van der Waals surface area contributed by atoms with E-state index in [-0.39, 0.29) is 24.0 Å². The van der Waals surface area contributed by atoms with Gasteiger partial charge in [-0.1, -0.05) is 18.2 Å². The Hall–Kier alpha value is -3.89. The molecule has 3 aliphatic rings. The molecule has 2 aromatic heterocycles. The van der Waals surface area contributed by atoms with Crippen LogP contribution in [-0.2, 0) is 38.6 Å². The van der Waals surface area contributed by atoms with Gasteiger partial charge in [-0.3, -0.25) is 4.79 Å². The zero-order chi connectivity index (χ0) is 36.5. The van der Waals surface area contributed by atoms with Gasteiger partial charge in [-0.25, -0.2) is 9.48 Å². The molecule has 4 N–H and O–H groups in total. The van der Waals surface area contributed by atoms with Crippen molar-refractivity contribution in [3.05, 3.63) is 58.8 Å². The van der Waals surface area contributed by atoms with Crippen molar-refractivity contribution in [1.29, 1.82) is 0 Å². The summed E-state index contributed by atoms with van der Waals surface area (Å²) in [5.41, 5.74) is 5.97. The molecule has 3 aromatic rings. The molecule has 0 unspecified atom stereocenters. The number of aromatic nitrogens is 3. The normalized spacial score (nSPS) is 19.3. The third kappa shape index (κ3) is 9.75. The molecule has 5 heterocycles. The van der Waals surface area contributed by atoms with Crippen molar-refractivity contribution < 1.29 is 33.0 Å². The Bertz CT molecular complexity index is 1760. The van der Waals surface area contributed by atoms with Crippen LogP contribution in [0.1, 0.15) is 60.8 Å². The molecule has 3 atom stereocenters. The Balaban J connectivity index is 0.757. The fraction of sp³-hybridized carbons (Fsp3) is 0.568. The summed E-state index contributed by atoms with van der Waals surface area (Å²) in [5.74, 6) is 3.33. The summed E-state index contributed by atoms with van der Waals surface area (Å²) in [6.45, 7) is 15.1. The van der Waals surface area contributed by atoms with Gasteiger partial charge in [0.1, 0.15) is 22.9 Å². The van der Waals surface area contributed by atoms with Crippen LogP contribution in [0.2, 0.25) is 0 Å². The van der Waals surface area contributed by atoms with E-state index in [1.807, 2.05) is 37.9 Å². The molecular formula is C37H51N7O7S. The molecule has 0 saturated carbocycles. The molecule has 282 valence electrons. The number of furan rings is 1. The summed E-state index contributed by atoms with van der Waals surface area (Å²) in [6.07, 6.45) is 7.21. The Kier molecular flexibility index (Phi) is 13.3. The largest absolute Gasteiger partial charge is 0.461 e. The highest BCUT2D eigenvalue weighted by molar-refractivity contribution is 8.00. The van der Waals surface area contributed by atoms with Crippen molar-refractivity contribution in [2.75, 3.05) is 51.9 Å². The first-order chi connectivity index (χ1) is 25.3. The van der Waals surface area contributed by atoms with Gasteiger partial charge in [0.15, 0.2) is 0 Å². The van der Waals surface area contributed by atoms with Crippen molar-refractivity contribution in [3.63, 3.8) is 0 Å². The van der Waals surface area contributed by atoms with Crippen molar-refractivity contribution in [3.8, 4) is 5.75 Å². The van der Waals surface area contributed by atoms with E-state index in [9.17, 15) is 9.59 Å². The Labute approximate surface area is 308 Å². The number of carbonyl (C=O) groups excluding carboxylic acids is 2. The molecule has 0 spiro atoms. The van der Waals surface area contributed by atoms with Crippen LogP contribution in [0, 0.1) is 13.8 Å². The van der Waals surface area contributed by atoms with Crippen LogP contribution in [0.25, 0.3) is 16.5 Å². The summed E-state index contributed by atoms with van der Waals surface area (Å²) < 4.78 is 30.7. The minimum atomic E-state index is -0.0595. The number of nitrogens with one attached hydrogen (secondary N) is 4. The van der Waals surface area contributed by atoms with Gasteiger partial charge in [0.05, 0.1) is 64.0 Å². The molecule has 3 aliphatic heterocycles. The molecular weight excluding hydrogens is 687 g/mol. The molecule has 2 saturated heterocycles. The molecule has 15 heteroatoms. The lowest BCUT2D eigenvalue weighted by molar-refractivity contribution is -0.121. The van der Waals surface area contributed by atoms with Gasteiger partial charge < -0.3 is 44.6 Å². The first-order valence-corrected chi connectivity index (χ1v) is 19.2. The van der Waals surface area contributed by atoms with E-state index in [1.54, 1.807) is 4.68 Å². The third-order valence-electron chi connectivity index (χ3n) is 9.55. The van der Waals surface area contributed by atoms with Crippen LogP contribution in [-0.4, -0.2) is 96.2 Å². The first kappa shape index (κ1) is 37.9. The van der Waals surface area contributed by atoms with E-state index in [0.717, 1.165) is 75.5 Å². The fourth-order valence-electron chi connectivity index (χ4n) is 6.84. The number of carbonyl (C=O) groups is 2. The average molecular weight is 738 g/mol. The molecule has 0 radical (unpaired) electrons. The maximum absolute atomic E-state index is 12.1. The molecule has 0 bridgehead atoms. The van der Waals surface area contributed by atoms with E-state index in [2.05, 4.69) is 51.1 Å². The van der Waals surface area contributed by atoms with Crippen LogP contribution in [0.15, 0.2) is 35.1 Å². The van der Waals surface area contributed by atoms with Crippen molar-refractivity contribution in [1.82, 2.24) is 36.3 Å². The first-order valence-electron chi connectivity index (χ1n) is 18.2. The summed E-state index contributed by atoms with van der Waals surface area (Å²) in [5, 5.41) is 22.4. The van der Waals surface area contributed by atoms with Gasteiger partial charge in [0, 0.05) is 65.3 Å². The third-order valence-corrected chi connectivity index (χ3v) is 11.1. The van der Waals surface area contributed by atoms with Crippen LogP contribution in [0.4, 0.5) is 4.79 Å². The van der Waals surface area contributed by atoms with Crippen LogP contribution >= 0.6 is 11.8 Å². The van der Waals surface area contributed by atoms with Crippen molar-refractivity contribution in [2.45, 2.75) is 83.4 Å². The number of hydrogen-bond acceptors (Lipinski definition) is 11. The topological polar surface area (TPSA) is 163 Å². The van der Waals surface area contributed by atoms with Crippen molar-refractivity contribution >= 4 is 40.2 Å². The van der Waals surface area contributed by atoms with Crippen LogP contribution < -0.4 is 26.0 Å². The number of benzene rings is 1. The predicted octanol–water partition coefficient (Wildman–Crippen LogP) is 4.13. The van der Waals surface area contributed by atoms with E-state index in [4.69, 9.17) is 23.4 Å². The zero-order valence-corrected chi connectivity index (χ0v) is 31.2. The van der Waals surface area contributed by atoms with E-state index in [1.165, 1.54) is 0 Å². The van der Waals surface area contributed by atoms with E-state index in [0.29, 0.717) is 83.3 Å². The lowest BCUT2D eigenvalue weighted by Crippen LogP contribution is -2.36. The monoisotopic (exact) mass is 737 g/mol. The molecule has 1 aromatic carbocycles. The lowest BCUT2D eigenvalue weighted by Gasteiger charge is -2.20. The Morgan fingerprint density at radius 1 is 1.08 bits per heavy atom. The molecule has 52 heavy (non-hydrogen) atoms. The van der Waals surface area contributed by atoms with Gasteiger partial charge in [0.25, 0.3) is 0 Å². The van der Waals surface area contributed by atoms with Gasteiger partial charge in [-0.05, 0) is 51.3 Å². The van der Waals surface area contributed by atoms with Gasteiger partial charge in [0.2, 0.25) is 5.91 Å². The fourth-order valence-corrected chi connectivity index (χ4v) is 8.38. The standard InChI is InChI=1S/C37H51N7O7S/c1-23-17-24(2)50-35-25(3)36-29(18-28(23)35)30(26(4)51-36)20-38-19-27-21-44(43-42-27)10-12-48-14-16-49-15-13-47-11-9-39-33(45)8-6-5-7-32-34-31(22-52-32)40-37(46)41-34/h17-18,21,31-32,34,38H,2,5-16,19-20,22H2,1,3-4H3,(H,39,45)(H2,40,41,46)/t31-,32-,34-/m0/s1. The number of thioether (sulfide) groups is 1. The second kappa shape index (κ2) is 18.2. The maximum atomic E-state index is 12.1. The minimum absolute atomic E-state index is 0.0444. The predicted molar refractivity (Wildman–Crippen MR) is 199 cm³/mol. The number of aryl methyl sites for hydroxylation is 2. The number of unbranched alkanes of at least 4 members (excludes halogenated alkanes) is 1. The quantitative estimate of drug-likeness (QED) is 0.0919. The Morgan fingerprint density at radius 3 is 2.69 bits per heavy atom. The van der Waals surface area contributed by atoms with Gasteiger partial charge in [-0.2, -0.15) is 11.8 Å². The maximum Gasteiger partial charge on any atom is 0.315 e. The highest BCUT2D eigenvalue weighted by Gasteiger charge is 2.42. The number of urea groups is 1. The zero-order valence-electron chi connectivity index (χ0n) is 30.4. The van der Waals surface area contributed by atoms with Crippen LogP contribution in [0.5, 0.6) is 5.75 Å². The van der Waals surface area contributed by atoms with E-state index < -0.39 is 0 Å². The number of rotatable bonds is 21. The number of allylic oxidation sites excluding steroid dienone is 2. The SMILES string of the molecule is C=C1C=C(C)c2cc3c(CNCc4cn(CCOCCOCCOCCNC(=O)CCCC[C@@H]5SC[C@@H]6NC(=O)N[C@@H]65)nn4)c(C)oc3c(C)c2O1. The van der Waals surface area contributed by atoms with Gasteiger partial charge >= 0.3 is 6.03 Å². The molecule has 2 fully saturated rings. The second-order valence-electron chi connectivity index (χ2n) is 13.4. The summed E-state index contributed by atoms with van der Waals surface area (Å²) >= 11 is 1.90.